The van der Waals surface area contributed by atoms with E-state index in [1.807, 2.05) is 6.07 Å². The van der Waals surface area contributed by atoms with Crippen LogP contribution in [0.4, 0.5) is 0 Å². The minimum Gasteiger partial charge on any atom is -0.497 e. The molecule has 2 rings (SSSR count). The predicted molar refractivity (Wildman–Crippen MR) is 64.9 cm³/mol. The third kappa shape index (κ3) is 2.07. The Morgan fingerprint density at radius 2 is 2.31 bits per heavy atom. The molecule has 1 N–H and O–H groups in total. The normalized spacial score (nSPS) is 21.3. The number of benzene rings is 1. The van der Waals surface area contributed by atoms with Gasteiger partial charge < -0.3 is 9.84 Å². The largest absolute Gasteiger partial charge is 0.497 e. The molecule has 0 amide bonds. The summed E-state index contributed by atoms with van der Waals surface area (Å²) in [5, 5.41) is 9.31. The van der Waals surface area contributed by atoms with E-state index in [0.717, 1.165) is 12.2 Å². The molecule has 2 heteroatoms. The van der Waals surface area contributed by atoms with E-state index in [1.165, 1.54) is 24.0 Å². The fraction of sp³-hybridized carbons (Fsp3) is 0.571. The SMILES string of the molecule is COc1ccc2c(c1)C(C(C)CO)CCC2. The lowest BCUT2D eigenvalue weighted by Crippen LogP contribution is -2.19. The fourth-order valence-electron chi connectivity index (χ4n) is 2.66. The fourth-order valence-corrected chi connectivity index (χ4v) is 2.66. The number of aryl methyl sites for hydroxylation is 1. The predicted octanol–water partition coefficient (Wildman–Crippen LogP) is 2.74. The van der Waals surface area contributed by atoms with Crippen LogP contribution in [-0.2, 0) is 6.42 Å². The number of hydrogen-bond acceptors (Lipinski definition) is 2. The maximum absolute atomic E-state index is 9.31. The highest BCUT2D eigenvalue weighted by Gasteiger charge is 2.25. The van der Waals surface area contributed by atoms with Crippen molar-refractivity contribution in [3.05, 3.63) is 29.3 Å². The van der Waals surface area contributed by atoms with Crippen molar-refractivity contribution in [2.45, 2.75) is 32.1 Å². The Bertz CT molecular complexity index is 360. The van der Waals surface area contributed by atoms with Crippen molar-refractivity contribution >= 4 is 0 Å². The highest BCUT2D eigenvalue weighted by molar-refractivity contribution is 5.39. The molecule has 1 aliphatic rings. The van der Waals surface area contributed by atoms with Crippen molar-refractivity contribution in [3.8, 4) is 5.75 Å². The molecule has 1 aromatic rings. The van der Waals surface area contributed by atoms with E-state index < -0.39 is 0 Å². The van der Waals surface area contributed by atoms with Gasteiger partial charge in [0.15, 0.2) is 0 Å². The summed E-state index contributed by atoms with van der Waals surface area (Å²) in [5.74, 6) is 1.76. The summed E-state index contributed by atoms with van der Waals surface area (Å²) in [6.45, 7) is 2.39. The van der Waals surface area contributed by atoms with Crippen molar-refractivity contribution in [3.63, 3.8) is 0 Å². The highest BCUT2D eigenvalue weighted by Crippen LogP contribution is 2.38. The number of aliphatic hydroxyl groups excluding tert-OH is 1. The van der Waals surface area contributed by atoms with E-state index in [9.17, 15) is 5.11 Å². The van der Waals surface area contributed by atoms with Gasteiger partial charge in [-0.15, -0.1) is 0 Å². The van der Waals surface area contributed by atoms with E-state index in [4.69, 9.17) is 4.74 Å². The highest BCUT2D eigenvalue weighted by atomic mass is 16.5. The zero-order chi connectivity index (χ0) is 11.5. The molecular weight excluding hydrogens is 200 g/mol. The van der Waals surface area contributed by atoms with Gasteiger partial charge in [-0.3, -0.25) is 0 Å². The zero-order valence-electron chi connectivity index (χ0n) is 10.1. The van der Waals surface area contributed by atoms with E-state index >= 15 is 0 Å². The first-order valence-electron chi connectivity index (χ1n) is 6.04. The summed E-state index contributed by atoms with van der Waals surface area (Å²) < 4.78 is 5.28. The van der Waals surface area contributed by atoms with Crippen molar-refractivity contribution in [1.29, 1.82) is 0 Å². The summed E-state index contributed by atoms with van der Waals surface area (Å²) >= 11 is 0. The van der Waals surface area contributed by atoms with Crippen LogP contribution in [0.15, 0.2) is 18.2 Å². The molecule has 0 saturated carbocycles. The van der Waals surface area contributed by atoms with Gasteiger partial charge in [0.2, 0.25) is 0 Å². The minimum absolute atomic E-state index is 0.265. The molecule has 88 valence electrons. The van der Waals surface area contributed by atoms with Crippen LogP contribution in [0.25, 0.3) is 0 Å². The second kappa shape index (κ2) is 4.88. The van der Waals surface area contributed by atoms with E-state index in [-0.39, 0.29) is 6.61 Å². The quantitative estimate of drug-likeness (QED) is 0.848. The summed E-state index contributed by atoms with van der Waals surface area (Å²) in [6.07, 6.45) is 3.57. The lowest BCUT2D eigenvalue weighted by atomic mass is 9.76. The second-order valence-corrected chi connectivity index (χ2v) is 4.72. The summed E-state index contributed by atoms with van der Waals surface area (Å²) in [4.78, 5) is 0. The molecular formula is C14H20O2. The van der Waals surface area contributed by atoms with E-state index in [2.05, 4.69) is 19.1 Å². The number of rotatable bonds is 3. The molecule has 0 heterocycles. The van der Waals surface area contributed by atoms with Crippen LogP contribution in [0.1, 0.15) is 36.8 Å². The monoisotopic (exact) mass is 220 g/mol. The van der Waals surface area contributed by atoms with Crippen LogP contribution in [0.3, 0.4) is 0 Å². The molecule has 1 aliphatic carbocycles. The van der Waals surface area contributed by atoms with Crippen LogP contribution >= 0.6 is 0 Å². The topological polar surface area (TPSA) is 29.5 Å². The number of aliphatic hydroxyl groups is 1. The third-order valence-corrected chi connectivity index (χ3v) is 3.69. The Kier molecular flexibility index (Phi) is 3.49. The number of methoxy groups -OCH3 is 1. The van der Waals surface area contributed by atoms with Crippen molar-refractivity contribution in [2.24, 2.45) is 5.92 Å². The van der Waals surface area contributed by atoms with Gasteiger partial charge in [-0.1, -0.05) is 13.0 Å². The van der Waals surface area contributed by atoms with E-state index in [0.29, 0.717) is 11.8 Å². The van der Waals surface area contributed by atoms with Crippen LogP contribution in [0.2, 0.25) is 0 Å². The average molecular weight is 220 g/mol. The molecule has 2 atom stereocenters. The zero-order valence-corrected chi connectivity index (χ0v) is 10.1. The number of hydrogen-bond donors (Lipinski definition) is 1. The summed E-state index contributed by atoms with van der Waals surface area (Å²) in [6, 6.07) is 6.35. The van der Waals surface area contributed by atoms with Crippen LogP contribution in [0.5, 0.6) is 5.75 Å². The maximum Gasteiger partial charge on any atom is 0.119 e. The summed E-state index contributed by atoms with van der Waals surface area (Å²) in [7, 11) is 1.70. The first kappa shape index (κ1) is 11.5. The maximum atomic E-state index is 9.31. The number of fused-ring (bicyclic) bond motifs is 1. The van der Waals surface area contributed by atoms with Gasteiger partial charge >= 0.3 is 0 Å². The molecule has 2 nitrogen and oxygen atoms in total. The molecule has 0 spiro atoms. The lowest BCUT2D eigenvalue weighted by Gasteiger charge is -2.29. The smallest absolute Gasteiger partial charge is 0.119 e. The molecule has 0 aliphatic heterocycles. The molecule has 1 aromatic carbocycles. The van der Waals surface area contributed by atoms with Gasteiger partial charge in [-0.2, -0.15) is 0 Å². The Balaban J connectivity index is 2.35. The van der Waals surface area contributed by atoms with Crippen molar-refractivity contribution in [2.75, 3.05) is 13.7 Å². The molecule has 0 radical (unpaired) electrons. The standard InChI is InChI=1S/C14H20O2/c1-10(9-15)13-5-3-4-11-6-7-12(16-2)8-14(11)13/h6-8,10,13,15H,3-5,9H2,1-2H3. The Morgan fingerprint density at radius 3 is 3.00 bits per heavy atom. The molecule has 0 fully saturated rings. The Labute approximate surface area is 97.3 Å². The molecule has 0 aromatic heterocycles. The Hall–Kier alpha value is -1.02. The van der Waals surface area contributed by atoms with Gasteiger partial charge in [0.25, 0.3) is 0 Å². The average Bonchev–Trinajstić information content (AvgIpc) is 2.36. The minimum atomic E-state index is 0.265. The Morgan fingerprint density at radius 1 is 1.50 bits per heavy atom. The van der Waals surface area contributed by atoms with Crippen LogP contribution in [0, 0.1) is 5.92 Å². The lowest BCUT2D eigenvalue weighted by molar-refractivity contribution is 0.207. The van der Waals surface area contributed by atoms with Gasteiger partial charge in [-0.25, -0.2) is 0 Å². The second-order valence-electron chi connectivity index (χ2n) is 4.72. The molecule has 0 saturated heterocycles. The molecule has 2 unspecified atom stereocenters. The van der Waals surface area contributed by atoms with Crippen molar-refractivity contribution < 1.29 is 9.84 Å². The van der Waals surface area contributed by atoms with Gasteiger partial charge in [-0.05, 0) is 54.4 Å². The van der Waals surface area contributed by atoms with Gasteiger partial charge in [0, 0.05) is 6.61 Å². The van der Waals surface area contributed by atoms with Crippen LogP contribution < -0.4 is 4.74 Å². The molecule has 16 heavy (non-hydrogen) atoms. The van der Waals surface area contributed by atoms with E-state index in [1.54, 1.807) is 7.11 Å². The van der Waals surface area contributed by atoms with Gasteiger partial charge in [0.1, 0.15) is 5.75 Å². The first-order chi connectivity index (χ1) is 7.76. The first-order valence-corrected chi connectivity index (χ1v) is 6.04. The molecule has 0 bridgehead atoms. The van der Waals surface area contributed by atoms with Gasteiger partial charge in [0.05, 0.1) is 7.11 Å². The summed E-state index contributed by atoms with van der Waals surface area (Å²) in [5.41, 5.74) is 2.81. The third-order valence-electron chi connectivity index (χ3n) is 3.69. The van der Waals surface area contributed by atoms with Crippen molar-refractivity contribution in [1.82, 2.24) is 0 Å². The van der Waals surface area contributed by atoms with Crippen LogP contribution in [-0.4, -0.2) is 18.8 Å². The number of ether oxygens (including phenoxy) is 1.